The van der Waals surface area contributed by atoms with Gasteiger partial charge >= 0.3 is 35.5 Å². The molecule has 0 fully saturated rings. The molecule has 0 aliphatic rings. The number of halogens is 2. The number of benzene rings is 2. The van der Waals surface area contributed by atoms with E-state index in [2.05, 4.69) is 29.1 Å². The van der Waals surface area contributed by atoms with Gasteiger partial charge in [0.15, 0.2) is 0 Å². The summed E-state index contributed by atoms with van der Waals surface area (Å²) in [4.78, 5) is 35.0. The quantitative estimate of drug-likeness (QED) is 0.345. The van der Waals surface area contributed by atoms with Crippen molar-refractivity contribution in [3.63, 3.8) is 0 Å². The normalized spacial score (nSPS) is 11.7. The van der Waals surface area contributed by atoms with E-state index in [0.717, 1.165) is 17.8 Å². The summed E-state index contributed by atoms with van der Waals surface area (Å²) in [6.07, 6.45) is 7.02. The van der Waals surface area contributed by atoms with Crippen LogP contribution in [0.15, 0.2) is 67.0 Å². The summed E-state index contributed by atoms with van der Waals surface area (Å²) in [5, 5.41) is 12.3. The fourth-order valence-corrected chi connectivity index (χ4v) is 3.94. The zero-order valence-electron chi connectivity index (χ0n) is 19.4. The molecule has 1 unspecified atom stereocenters. The monoisotopic (exact) mass is 536 g/mol. The fourth-order valence-electron chi connectivity index (χ4n) is 3.37. The number of amides is 1. The molecule has 1 aromatic heterocycles. The molecule has 36 heavy (non-hydrogen) atoms. The van der Waals surface area contributed by atoms with E-state index < -0.39 is 17.9 Å². The van der Waals surface area contributed by atoms with Gasteiger partial charge in [0.05, 0.1) is 15.6 Å². The van der Waals surface area contributed by atoms with Crippen LogP contribution in [-0.2, 0) is 4.79 Å². The van der Waals surface area contributed by atoms with Gasteiger partial charge in [0.1, 0.15) is 6.04 Å². The van der Waals surface area contributed by atoms with Crippen LogP contribution in [-0.4, -0.2) is 69.1 Å². The maximum atomic E-state index is 12.5. The van der Waals surface area contributed by atoms with Gasteiger partial charge in [0.25, 0.3) is 5.91 Å². The minimum absolute atomic E-state index is 0. The SMILES string of the molecule is CC(C)CN(c1ccc(/C=C/CC(NC(=O)c2c(Cl)cccc2Cl)C(=O)O)cc1)c1ncccn1.[NaH]. The number of hydrogen-bond acceptors (Lipinski definition) is 5. The summed E-state index contributed by atoms with van der Waals surface area (Å²) in [5.74, 6) is -0.766. The van der Waals surface area contributed by atoms with Crippen LogP contribution < -0.4 is 10.2 Å². The van der Waals surface area contributed by atoms with Gasteiger partial charge in [0.2, 0.25) is 5.95 Å². The standard InChI is InChI=1S/C26H26Cl2N4O3.Na.H/c1-17(2)16-32(26-29-14-5-15-30-26)19-12-10-18(11-13-19)6-3-9-22(25(34)35)31-24(33)23-20(27)7-4-8-21(23)28;;/h3-8,10-15,17,22H,9,16H2,1-2H3,(H,31,33)(H,34,35);;/b6-3+;;. The van der Waals surface area contributed by atoms with Gasteiger partial charge in [-0.2, -0.15) is 0 Å². The first-order valence-corrected chi connectivity index (χ1v) is 11.8. The minimum atomic E-state index is -1.16. The molecule has 2 aromatic carbocycles. The van der Waals surface area contributed by atoms with E-state index in [9.17, 15) is 14.7 Å². The summed E-state index contributed by atoms with van der Waals surface area (Å²) >= 11 is 12.1. The number of aromatic nitrogens is 2. The molecule has 0 saturated heterocycles. The van der Waals surface area contributed by atoms with E-state index >= 15 is 0 Å². The van der Waals surface area contributed by atoms with Gasteiger partial charge in [-0.25, -0.2) is 14.8 Å². The number of hydrogen-bond donors (Lipinski definition) is 2. The third-order valence-corrected chi connectivity index (χ3v) is 5.65. The summed E-state index contributed by atoms with van der Waals surface area (Å²) in [5.41, 5.74) is 1.89. The number of nitrogens with zero attached hydrogens (tertiary/aromatic N) is 3. The Bertz CT molecular complexity index is 1170. The van der Waals surface area contributed by atoms with Crippen molar-refractivity contribution in [3.8, 4) is 0 Å². The number of carboxylic acids is 1. The molecular formula is C26H27Cl2N4NaO3. The zero-order chi connectivity index (χ0) is 25.4. The Morgan fingerprint density at radius 1 is 1.03 bits per heavy atom. The molecule has 0 aliphatic heterocycles. The van der Waals surface area contributed by atoms with Crippen LogP contribution in [0, 0.1) is 5.92 Å². The Morgan fingerprint density at radius 2 is 1.64 bits per heavy atom. The molecule has 7 nitrogen and oxygen atoms in total. The van der Waals surface area contributed by atoms with E-state index in [4.69, 9.17) is 23.2 Å². The third-order valence-electron chi connectivity index (χ3n) is 5.02. The average molecular weight is 537 g/mol. The molecular weight excluding hydrogens is 510 g/mol. The Hall–Kier alpha value is -2.42. The Kier molecular flexibility index (Phi) is 11.9. The predicted octanol–water partition coefficient (Wildman–Crippen LogP) is 5.22. The first-order chi connectivity index (χ1) is 16.8. The zero-order valence-corrected chi connectivity index (χ0v) is 20.9. The van der Waals surface area contributed by atoms with Gasteiger partial charge in [-0.05, 0) is 48.2 Å². The summed E-state index contributed by atoms with van der Waals surface area (Å²) < 4.78 is 0. The summed E-state index contributed by atoms with van der Waals surface area (Å²) in [6.45, 7) is 5.02. The molecule has 0 aliphatic carbocycles. The van der Waals surface area contributed by atoms with Crippen LogP contribution in [0.4, 0.5) is 11.6 Å². The van der Waals surface area contributed by atoms with E-state index in [0.29, 0.717) is 11.9 Å². The van der Waals surface area contributed by atoms with Crippen molar-refractivity contribution in [1.82, 2.24) is 15.3 Å². The molecule has 1 amide bonds. The second-order valence-corrected chi connectivity index (χ2v) is 9.06. The number of carbonyl (C=O) groups is 2. The Morgan fingerprint density at radius 3 is 2.19 bits per heavy atom. The van der Waals surface area contributed by atoms with Gasteiger partial charge in [0, 0.05) is 24.6 Å². The van der Waals surface area contributed by atoms with Crippen LogP contribution in [0.25, 0.3) is 6.08 Å². The van der Waals surface area contributed by atoms with Crippen LogP contribution in [0.3, 0.4) is 0 Å². The number of aliphatic carboxylic acids is 1. The Balaban J connectivity index is 0.00000456. The number of rotatable bonds is 10. The van der Waals surface area contributed by atoms with Gasteiger partial charge in [-0.15, -0.1) is 0 Å². The average Bonchev–Trinajstić information content (AvgIpc) is 2.82. The molecule has 0 spiro atoms. The summed E-state index contributed by atoms with van der Waals surface area (Å²) in [6, 6.07) is 13.1. The summed E-state index contributed by atoms with van der Waals surface area (Å²) in [7, 11) is 0. The van der Waals surface area contributed by atoms with E-state index in [1.807, 2.05) is 29.2 Å². The molecule has 3 aromatic rings. The number of carbonyl (C=O) groups excluding carboxylic acids is 1. The fraction of sp³-hybridized carbons (Fsp3) is 0.231. The molecule has 2 N–H and O–H groups in total. The van der Waals surface area contributed by atoms with Crippen molar-refractivity contribution in [2.24, 2.45) is 5.92 Å². The Labute approximate surface area is 242 Å². The predicted molar refractivity (Wildman–Crippen MR) is 146 cm³/mol. The van der Waals surface area contributed by atoms with Crippen molar-refractivity contribution >= 4 is 82.3 Å². The van der Waals surface area contributed by atoms with Crippen molar-refractivity contribution < 1.29 is 14.7 Å². The van der Waals surface area contributed by atoms with E-state index in [1.54, 1.807) is 36.7 Å². The first kappa shape index (κ1) is 29.8. The van der Waals surface area contributed by atoms with Crippen LogP contribution in [0.1, 0.15) is 36.2 Å². The molecule has 1 atom stereocenters. The molecule has 1 heterocycles. The second kappa shape index (κ2) is 14.4. The molecule has 0 radical (unpaired) electrons. The third kappa shape index (κ3) is 8.32. The number of nitrogens with one attached hydrogen (secondary N) is 1. The van der Waals surface area contributed by atoms with Crippen molar-refractivity contribution in [2.75, 3.05) is 11.4 Å². The van der Waals surface area contributed by atoms with Crippen molar-refractivity contribution in [3.05, 3.63) is 88.2 Å². The molecule has 184 valence electrons. The van der Waals surface area contributed by atoms with Crippen LogP contribution in [0.5, 0.6) is 0 Å². The number of carboxylic acid groups (broad SMARTS) is 1. The van der Waals surface area contributed by atoms with Crippen LogP contribution >= 0.6 is 23.2 Å². The van der Waals surface area contributed by atoms with Crippen molar-refractivity contribution in [1.29, 1.82) is 0 Å². The molecule has 0 bridgehead atoms. The molecule has 0 saturated carbocycles. The van der Waals surface area contributed by atoms with Crippen LogP contribution in [0.2, 0.25) is 10.0 Å². The number of anilines is 2. The first-order valence-electron chi connectivity index (χ1n) is 11.0. The topological polar surface area (TPSA) is 95.4 Å². The van der Waals surface area contributed by atoms with Crippen molar-refractivity contribution in [2.45, 2.75) is 26.3 Å². The molecule has 10 heteroatoms. The maximum absolute atomic E-state index is 12.5. The second-order valence-electron chi connectivity index (χ2n) is 8.24. The van der Waals surface area contributed by atoms with Gasteiger partial charge in [-0.3, -0.25) is 4.79 Å². The molecule has 3 rings (SSSR count). The van der Waals surface area contributed by atoms with E-state index in [-0.39, 0.29) is 51.6 Å². The van der Waals surface area contributed by atoms with Gasteiger partial charge < -0.3 is 15.3 Å². The van der Waals surface area contributed by atoms with Gasteiger partial charge in [-0.1, -0.05) is 67.4 Å². The van der Waals surface area contributed by atoms with E-state index in [1.165, 1.54) is 12.1 Å².